The molecule has 0 aromatic carbocycles. The summed E-state index contributed by atoms with van der Waals surface area (Å²) in [6.45, 7) is 4.34. The highest BCUT2D eigenvalue weighted by Crippen LogP contribution is 2.28. The average molecular weight is 299 g/mol. The number of carboxylic acid groups (broad SMARTS) is 1. The Labute approximate surface area is 125 Å². The normalized spacial score (nSPS) is 16.9. The fourth-order valence-electron chi connectivity index (χ4n) is 2.59. The highest BCUT2D eigenvalue weighted by molar-refractivity contribution is 5.88. The second kappa shape index (κ2) is 7.85. The predicted octanol–water partition coefficient (Wildman–Crippen LogP) is 0.941. The molecule has 1 rings (SSSR count). The topological polar surface area (TPSA) is 98.7 Å². The lowest BCUT2D eigenvalue weighted by Crippen LogP contribution is -2.59. The minimum absolute atomic E-state index is 0.0636. The van der Waals surface area contributed by atoms with Crippen LogP contribution in [0.3, 0.4) is 0 Å². The van der Waals surface area contributed by atoms with Crippen molar-refractivity contribution in [3.05, 3.63) is 0 Å². The van der Waals surface area contributed by atoms with E-state index in [0.29, 0.717) is 25.9 Å². The number of urea groups is 1. The number of nitrogens with one attached hydrogen (secondary N) is 2. The van der Waals surface area contributed by atoms with Crippen molar-refractivity contribution in [1.82, 2.24) is 15.5 Å². The smallest absolute Gasteiger partial charge is 0.329 e. The summed E-state index contributed by atoms with van der Waals surface area (Å²) >= 11 is 0. The second-order valence-electron chi connectivity index (χ2n) is 5.35. The molecule has 0 saturated heterocycles. The van der Waals surface area contributed by atoms with E-state index >= 15 is 0 Å². The van der Waals surface area contributed by atoms with Gasteiger partial charge in [-0.15, -0.1) is 0 Å². The van der Waals surface area contributed by atoms with Gasteiger partial charge in [0.2, 0.25) is 5.91 Å². The maximum atomic E-state index is 12.3. The van der Waals surface area contributed by atoms with E-state index in [1.54, 1.807) is 13.8 Å². The molecule has 1 aliphatic rings. The Morgan fingerprint density at radius 2 is 1.76 bits per heavy atom. The number of carbonyl (C=O) groups excluding carboxylic acids is 2. The van der Waals surface area contributed by atoms with Crippen LogP contribution in [0.2, 0.25) is 0 Å². The summed E-state index contributed by atoms with van der Waals surface area (Å²) in [7, 11) is 0. The molecule has 120 valence electrons. The summed E-state index contributed by atoms with van der Waals surface area (Å²) in [5.41, 5.74) is -1.19. The number of likely N-dealkylation sites (N-methyl/N-ethyl adjacent to an activating group) is 2. The van der Waals surface area contributed by atoms with Gasteiger partial charge in [-0.25, -0.2) is 9.59 Å². The minimum Gasteiger partial charge on any atom is -0.480 e. The molecule has 0 unspecified atom stereocenters. The molecule has 1 fully saturated rings. The fourth-order valence-corrected chi connectivity index (χ4v) is 2.59. The second-order valence-corrected chi connectivity index (χ2v) is 5.35. The van der Waals surface area contributed by atoms with E-state index in [9.17, 15) is 19.5 Å². The first kappa shape index (κ1) is 17.3. The molecule has 0 heterocycles. The number of nitrogens with zero attached hydrogens (tertiary/aromatic N) is 1. The summed E-state index contributed by atoms with van der Waals surface area (Å²) in [4.78, 5) is 36.7. The van der Waals surface area contributed by atoms with Crippen LogP contribution in [0.1, 0.15) is 46.0 Å². The van der Waals surface area contributed by atoms with Crippen LogP contribution in [0.25, 0.3) is 0 Å². The van der Waals surface area contributed by atoms with Gasteiger partial charge < -0.3 is 20.6 Å². The predicted molar refractivity (Wildman–Crippen MR) is 77.9 cm³/mol. The van der Waals surface area contributed by atoms with Crippen molar-refractivity contribution in [3.63, 3.8) is 0 Å². The van der Waals surface area contributed by atoms with Crippen molar-refractivity contribution >= 4 is 17.9 Å². The first-order valence-electron chi connectivity index (χ1n) is 7.52. The molecule has 0 radical (unpaired) electrons. The third kappa shape index (κ3) is 4.61. The number of aliphatic carboxylic acids is 1. The monoisotopic (exact) mass is 299 g/mol. The van der Waals surface area contributed by atoms with Gasteiger partial charge in [0.25, 0.3) is 0 Å². The van der Waals surface area contributed by atoms with Gasteiger partial charge in [-0.3, -0.25) is 4.79 Å². The van der Waals surface area contributed by atoms with E-state index in [4.69, 9.17) is 0 Å². The number of hydrogen-bond acceptors (Lipinski definition) is 3. The van der Waals surface area contributed by atoms with E-state index < -0.39 is 17.5 Å². The lowest BCUT2D eigenvalue weighted by Gasteiger charge is -2.35. The number of hydrogen-bond donors (Lipinski definition) is 3. The quantitative estimate of drug-likeness (QED) is 0.679. The van der Waals surface area contributed by atoms with Gasteiger partial charge in [0.1, 0.15) is 12.1 Å². The van der Waals surface area contributed by atoms with Gasteiger partial charge in [0.05, 0.1) is 0 Å². The van der Waals surface area contributed by atoms with Crippen molar-refractivity contribution < 1.29 is 19.5 Å². The van der Waals surface area contributed by atoms with Gasteiger partial charge in [0, 0.05) is 13.1 Å². The molecule has 3 N–H and O–H groups in total. The van der Waals surface area contributed by atoms with Crippen molar-refractivity contribution in [2.24, 2.45) is 0 Å². The molecule has 21 heavy (non-hydrogen) atoms. The molecule has 0 spiro atoms. The van der Waals surface area contributed by atoms with Gasteiger partial charge in [-0.1, -0.05) is 19.3 Å². The molecule has 0 aliphatic heterocycles. The standard InChI is InChI=1S/C14H25N3O4/c1-3-15-11(18)10-17(4-2)13(21)16-14(12(19)20)8-6-5-7-9-14/h3-10H2,1-2H3,(H,15,18)(H,16,21)(H,19,20). The summed E-state index contributed by atoms with van der Waals surface area (Å²) in [5.74, 6) is -1.24. The van der Waals surface area contributed by atoms with Crippen LogP contribution in [0.5, 0.6) is 0 Å². The molecule has 0 bridgehead atoms. The minimum atomic E-state index is -1.19. The lowest BCUT2D eigenvalue weighted by molar-refractivity contribution is -0.145. The van der Waals surface area contributed by atoms with Crippen LogP contribution in [-0.2, 0) is 9.59 Å². The summed E-state index contributed by atoms with van der Waals surface area (Å²) in [6, 6.07) is -0.493. The molecule has 7 nitrogen and oxygen atoms in total. The highest BCUT2D eigenvalue weighted by atomic mass is 16.4. The number of rotatable bonds is 6. The molecule has 3 amide bonds. The van der Waals surface area contributed by atoms with Gasteiger partial charge in [-0.05, 0) is 26.7 Å². The molecule has 1 saturated carbocycles. The van der Waals surface area contributed by atoms with Crippen molar-refractivity contribution in [2.45, 2.75) is 51.5 Å². The SMILES string of the molecule is CCNC(=O)CN(CC)C(=O)NC1(C(=O)O)CCCCC1. The maximum absolute atomic E-state index is 12.3. The largest absolute Gasteiger partial charge is 0.480 e. The van der Waals surface area contributed by atoms with Crippen molar-refractivity contribution in [3.8, 4) is 0 Å². The van der Waals surface area contributed by atoms with Crippen LogP contribution in [0, 0.1) is 0 Å². The van der Waals surface area contributed by atoms with Gasteiger partial charge >= 0.3 is 12.0 Å². The Balaban J connectivity index is 2.70. The zero-order valence-corrected chi connectivity index (χ0v) is 12.8. The maximum Gasteiger partial charge on any atom is 0.329 e. The van der Waals surface area contributed by atoms with E-state index in [-0.39, 0.29) is 12.5 Å². The zero-order chi connectivity index (χ0) is 15.9. The van der Waals surface area contributed by atoms with E-state index in [2.05, 4.69) is 10.6 Å². The third-order valence-corrected chi connectivity index (χ3v) is 3.84. The van der Waals surface area contributed by atoms with Gasteiger partial charge in [0.15, 0.2) is 0 Å². The van der Waals surface area contributed by atoms with Crippen molar-refractivity contribution in [2.75, 3.05) is 19.6 Å². The summed E-state index contributed by atoms with van der Waals surface area (Å²) in [5, 5.41) is 14.7. The fraction of sp³-hybridized carbons (Fsp3) is 0.786. The van der Waals surface area contributed by atoms with E-state index in [1.165, 1.54) is 4.90 Å². The average Bonchev–Trinajstić information content (AvgIpc) is 2.45. The van der Waals surface area contributed by atoms with Crippen LogP contribution < -0.4 is 10.6 Å². The molecule has 0 aromatic rings. The van der Waals surface area contributed by atoms with Crippen LogP contribution in [-0.4, -0.2) is 53.1 Å². The van der Waals surface area contributed by atoms with Crippen LogP contribution in [0.4, 0.5) is 4.79 Å². The first-order chi connectivity index (χ1) is 9.95. The van der Waals surface area contributed by atoms with E-state index in [0.717, 1.165) is 19.3 Å². The van der Waals surface area contributed by atoms with Crippen LogP contribution in [0.15, 0.2) is 0 Å². The Morgan fingerprint density at radius 1 is 1.14 bits per heavy atom. The van der Waals surface area contributed by atoms with E-state index in [1.807, 2.05) is 0 Å². The molecule has 1 aliphatic carbocycles. The molecular formula is C14H25N3O4. The lowest BCUT2D eigenvalue weighted by atomic mass is 9.82. The van der Waals surface area contributed by atoms with Gasteiger partial charge in [-0.2, -0.15) is 0 Å². The highest BCUT2D eigenvalue weighted by Gasteiger charge is 2.41. The molecule has 7 heteroatoms. The Kier molecular flexibility index (Phi) is 6.45. The molecule has 0 atom stereocenters. The summed E-state index contributed by atoms with van der Waals surface area (Å²) in [6.07, 6.45) is 3.44. The zero-order valence-electron chi connectivity index (χ0n) is 12.8. The Morgan fingerprint density at radius 3 is 2.24 bits per heavy atom. The Bertz CT molecular complexity index is 392. The first-order valence-corrected chi connectivity index (χ1v) is 7.52. The summed E-state index contributed by atoms with van der Waals surface area (Å²) < 4.78 is 0. The molecule has 0 aromatic heterocycles. The van der Waals surface area contributed by atoms with Crippen LogP contribution >= 0.6 is 0 Å². The Hall–Kier alpha value is -1.79. The molecular weight excluding hydrogens is 274 g/mol. The van der Waals surface area contributed by atoms with Crippen molar-refractivity contribution in [1.29, 1.82) is 0 Å². The number of carbonyl (C=O) groups is 3. The number of carboxylic acids is 1. The third-order valence-electron chi connectivity index (χ3n) is 3.84. The number of amides is 3.